The summed E-state index contributed by atoms with van der Waals surface area (Å²) in [6, 6.07) is 0.416. The Labute approximate surface area is 91.4 Å². The van der Waals surface area contributed by atoms with Crippen LogP contribution in [-0.2, 0) is 4.79 Å². The van der Waals surface area contributed by atoms with Crippen molar-refractivity contribution in [1.29, 1.82) is 0 Å². The van der Waals surface area contributed by atoms with Crippen molar-refractivity contribution in [3.8, 4) is 0 Å². The van der Waals surface area contributed by atoms with E-state index in [-0.39, 0.29) is 12.5 Å². The topological polar surface area (TPSA) is 66.6 Å². The van der Waals surface area contributed by atoms with Crippen molar-refractivity contribution < 1.29 is 9.90 Å². The predicted octanol–water partition coefficient (Wildman–Crippen LogP) is 0.489. The van der Waals surface area contributed by atoms with Gasteiger partial charge in [-0.15, -0.1) is 0 Å². The van der Waals surface area contributed by atoms with Gasteiger partial charge >= 0.3 is 0 Å². The van der Waals surface area contributed by atoms with E-state index in [9.17, 15) is 4.79 Å². The first kappa shape index (κ1) is 12.5. The van der Waals surface area contributed by atoms with E-state index in [0.717, 1.165) is 32.1 Å². The van der Waals surface area contributed by atoms with Gasteiger partial charge < -0.3 is 15.7 Å². The van der Waals surface area contributed by atoms with Gasteiger partial charge in [0.25, 0.3) is 0 Å². The Hall–Kier alpha value is -0.610. The fourth-order valence-corrected chi connectivity index (χ4v) is 1.75. The standard InChI is InChI=1S/C11H22N2O2/c12-7-3-1-2-4-11(15)13(8-9-14)10-5-6-10/h10,14H,1-9,12H2. The second kappa shape index (κ2) is 6.80. The summed E-state index contributed by atoms with van der Waals surface area (Å²) in [6.45, 7) is 1.28. The molecule has 0 spiro atoms. The van der Waals surface area contributed by atoms with Crippen LogP contribution >= 0.6 is 0 Å². The van der Waals surface area contributed by atoms with E-state index in [1.165, 1.54) is 0 Å². The molecule has 4 heteroatoms. The molecule has 0 radical (unpaired) electrons. The fraction of sp³-hybridized carbons (Fsp3) is 0.909. The van der Waals surface area contributed by atoms with Crippen molar-refractivity contribution in [1.82, 2.24) is 4.90 Å². The van der Waals surface area contributed by atoms with Gasteiger partial charge in [0.15, 0.2) is 0 Å². The van der Waals surface area contributed by atoms with Crippen LogP contribution in [0.25, 0.3) is 0 Å². The normalized spacial score (nSPS) is 15.3. The zero-order chi connectivity index (χ0) is 11.1. The first-order chi connectivity index (χ1) is 7.29. The molecule has 3 N–H and O–H groups in total. The number of nitrogens with two attached hydrogens (primary N) is 1. The maximum absolute atomic E-state index is 11.8. The van der Waals surface area contributed by atoms with Crippen molar-refractivity contribution in [3.63, 3.8) is 0 Å². The van der Waals surface area contributed by atoms with Crippen LogP contribution in [0, 0.1) is 0 Å². The van der Waals surface area contributed by atoms with E-state index < -0.39 is 0 Å². The molecule has 1 rings (SSSR count). The van der Waals surface area contributed by atoms with Crippen LogP contribution in [0.15, 0.2) is 0 Å². The van der Waals surface area contributed by atoms with Crippen LogP contribution in [0.3, 0.4) is 0 Å². The molecule has 0 aliphatic heterocycles. The number of amides is 1. The molecule has 15 heavy (non-hydrogen) atoms. The Morgan fingerprint density at radius 2 is 2.07 bits per heavy atom. The van der Waals surface area contributed by atoms with Crippen molar-refractivity contribution in [2.75, 3.05) is 19.7 Å². The summed E-state index contributed by atoms with van der Waals surface area (Å²) in [5.41, 5.74) is 5.38. The number of rotatable bonds is 8. The maximum atomic E-state index is 11.8. The minimum Gasteiger partial charge on any atom is -0.395 e. The third-order valence-electron chi connectivity index (χ3n) is 2.74. The summed E-state index contributed by atoms with van der Waals surface area (Å²) in [5.74, 6) is 0.198. The van der Waals surface area contributed by atoms with Gasteiger partial charge in [0.05, 0.1) is 6.61 Å². The van der Waals surface area contributed by atoms with Gasteiger partial charge in [-0.3, -0.25) is 4.79 Å². The summed E-state index contributed by atoms with van der Waals surface area (Å²) in [5, 5.41) is 8.86. The van der Waals surface area contributed by atoms with E-state index in [1.54, 1.807) is 0 Å². The number of aliphatic hydroxyl groups is 1. The number of hydrogen-bond donors (Lipinski definition) is 2. The lowest BCUT2D eigenvalue weighted by molar-refractivity contribution is -0.132. The molecular formula is C11H22N2O2. The number of hydrogen-bond acceptors (Lipinski definition) is 3. The van der Waals surface area contributed by atoms with Gasteiger partial charge in [0, 0.05) is 19.0 Å². The quantitative estimate of drug-likeness (QED) is 0.578. The zero-order valence-electron chi connectivity index (χ0n) is 9.32. The highest BCUT2D eigenvalue weighted by Crippen LogP contribution is 2.27. The number of carbonyl (C=O) groups is 1. The fourth-order valence-electron chi connectivity index (χ4n) is 1.75. The Morgan fingerprint density at radius 3 is 2.60 bits per heavy atom. The molecule has 88 valence electrons. The molecule has 1 aliphatic rings. The highest BCUT2D eigenvalue weighted by molar-refractivity contribution is 5.76. The third-order valence-corrected chi connectivity index (χ3v) is 2.74. The molecule has 1 fully saturated rings. The lowest BCUT2D eigenvalue weighted by atomic mass is 10.2. The average molecular weight is 214 g/mol. The summed E-state index contributed by atoms with van der Waals surface area (Å²) < 4.78 is 0. The number of nitrogens with zero attached hydrogens (tertiary/aromatic N) is 1. The SMILES string of the molecule is NCCCCCC(=O)N(CCO)C1CC1. The molecule has 0 aromatic heterocycles. The molecule has 0 bridgehead atoms. The Balaban J connectivity index is 2.17. The average Bonchev–Trinajstić information content (AvgIpc) is 3.04. The highest BCUT2D eigenvalue weighted by Gasteiger charge is 2.31. The second-order valence-corrected chi connectivity index (χ2v) is 4.14. The summed E-state index contributed by atoms with van der Waals surface area (Å²) in [7, 11) is 0. The van der Waals surface area contributed by atoms with Crippen molar-refractivity contribution in [2.24, 2.45) is 5.73 Å². The van der Waals surface area contributed by atoms with Gasteiger partial charge in [-0.2, -0.15) is 0 Å². The first-order valence-electron chi connectivity index (χ1n) is 5.90. The van der Waals surface area contributed by atoms with Crippen LogP contribution in [0.2, 0.25) is 0 Å². The molecule has 0 heterocycles. The van der Waals surface area contributed by atoms with Crippen LogP contribution < -0.4 is 5.73 Å². The van der Waals surface area contributed by atoms with E-state index in [0.29, 0.717) is 25.6 Å². The van der Waals surface area contributed by atoms with Crippen molar-refractivity contribution in [3.05, 3.63) is 0 Å². The molecule has 0 atom stereocenters. The van der Waals surface area contributed by atoms with Crippen LogP contribution in [0.4, 0.5) is 0 Å². The molecule has 0 saturated heterocycles. The summed E-state index contributed by atoms with van der Waals surface area (Å²) >= 11 is 0. The molecule has 1 amide bonds. The van der Waals surface area contributed by atoms with E-state index in [1.807, 2.05) is 4.90 Å². The Morgan fingerprint density at radius 1 is 1.33 bits per heavy atom. The largest absolute Gasteiger partial charge is 0.395 e. The van der Waals surface area contributed by atoms with Gasteiger partial charge in [0.2, 0.25) is 5.91 Å². The van der Waals surface area contributed by atoms with E-state index in [4.69, 9.17) is 10.8 Å². The van der Waals surface area contributed by atoms with Gasteiger partial charge in [-0.25, -0.2) is 0 Å². The van der Waals surface area contributed by atoms with Crippen molar-refractivity contribution >= 4 is 5.91 Å². The molecule has 1 saturated carbocycles. The molecule has 1 aliphatic carbocycles. The van der Waals surface area contributed by atoms with E-state index in [2.05, 4.69) is 0 Å². The monoisotopic (exact) mass is 214 g/mol. The molecule has 0 unspecified atom stereocenters. The van der Waals surface area contributed by atoms with E-state index >= 15 is 0 Å². The van der Waals surface area contributed by atoms with Gasteiger partial charge in [0.1, 0.15) is 0 Å². The number of aliphatic hydroxyl groups excluding tert-OH is 1. The van der Waals surface area contributed by atoms with Gasteiger partial charge in [-0.1, -0.05) is 6.42 Å². The Kier molecular flexibility index (Phi) is 5.65. The molecule has 4 nitrogen and oxygen atoms in total. The van der Waals surface area contributed by atoms with Crippen LogP contribution in [-0.4, -0.2) is 41.7 Å². The maximum Gasteiger partial charge on any atom is 0.222 e. The molecule has 0 aromatic carbocycles. The number of unbranched alkanes of at least 4 members (excludes halogenated alkanes) is 2. The lowest BCUT2D eigenvalue weighted by Crippen LogP contribution is -2.35. The highest BCUT2D eigenvalue weighted by atomic mass is 16.3. The van der Waals surface area contributed by atoms with Crippen molar-refractivity contribution in [2.45, 2.75) is 44.6 Å². The lowest BCUT2D eigenvalue weighted by Gasteiger charge is -2.21. The smallest absolute Gasteiger partial charge is 0.222 e. The minimum atomic E-state index is 0.0744. The predicted molar refractivity (Wildman–Crippen MR) is 59.3 cm³/mol. The zero-order valence-corrected chi connectivity index (χ0v) is 9.32. The van der Waals surface area contributed by atoms with Crippen LogP contribution in [0.1, 0.15) is 38.5 Å². The Bertz CT molecular complexity index is 193. The summed E-state index contributed by atoms with van der Waals surface area (Å²) in [4.78, 5) is 13.6. The first-order valence-corrected chi connectivity index (χ1v) is 5.90. The summed E-state index contributed by atoms with van der Waals surface area (Å²) in [6.07, 6.45) is 5.76. The number of carbonyl (C=O) groups excluding carboxylic acids is 1. The molecular weight excluding hydrogens is 192 g/mol. The molecule has 0 aromatic rings. The van der Waals surface area contributed by atoms with Crippen LogP contribution in [0.5, 0.6) is 0 Å². The second-order valence-electron chi connectivity index (χ2n) is 4.14. The van der Waals surface area contributed by atoms with Gasteiger partial charge in [-0.05, 0) is 32.2 Å². The third kappa shape index (κ3) is 4.62. The minimum absolute atomic E-state index is 0.0744.